The minimum absolute atomic E-state index is 0.142. The van der Waals surface area contributed by atoms with Crippen molar-refractivity contribution in [2.24, 2.45) is 0 Å². The van der Waals surface area contributed by atoms with E-state index in [1.54, 1.807) is 19.2 Å². The molecule has 0 unspecified atom stereocenters. The fraction of sp³-hybridized carbons (Fsp3) is 0.333. The average Bonchev–Trinajstić information content (AvgIpc) is 2.94. The second-order valence-corrected chi connectivity index (χ2v) is 6.19. The van der Waals surface area contributed by atoms with Crippen LogP contribution in [0.25, 0.3) is 0 Å². The van der Waals surface area contributed by atoms with E-state index in [4.69, 9.17) is 0 Å². The Hall–Kier alpha value is -1.92. The van der Waals surface area contributed by atoms with E-state index in [2.05, 4.69) is 21.7 Å². The summed E-state index contributed by atoms with van der Waals surface area (Å²) in [6, 6.07) is 7.60. The summed E-state index contributed by atoms with van der Waals surface area (Å²) in [4.78, 5) is 14.6. The zero-order chi connectivity index (χ0) is 14.8. The number of nitro groups is 1. The fourth-order valence-corrected chi connectivity index (χ4v) is 3.63. The molecule has 2 heterocycles. The van der Waals surface area contributed by atoms with E-state index in [1.807, 2.05) is 17.4 Å². The smallest absolute Gasteiger partial charge is 0.292 e. The van der Waals surface area contributed by atoms with Gasteiger partial charge in [-0.15, -0.1) is 11.3 Å². The summed E-state index contributed by atoms with van der Waals surface area (Å²) in [5, 5.41) is 16.1. The number of fused-ring (bicyclic) bond motifs is 1. The zero-order valence-corrected chi connectivity index (χ0v) is 12.7. The summed E-state index contributed by atoms with van der Waals surface area (Å²) in [6.07, 6.45) is 1.07. The molecule has 0 radical (unpaired) electrons. The van der Waals surface area contributed by atoms with Crippen molar-refractivity contribution < 1.29 is 4.92 Å². The highest BCUT2D eigenvalue weighted by Gasteiger charge is 2.19. The third-order valence-electron chi connectivity index (χ3n) is 3.82. The van der Waals surface area contributed by atoms with Gasteiger partial charge in [-0.05, 0) is 35.1 Å². The summed E-state index contributed by atoms with van der Waals surface area (Å²) in [5.41, 5.74) is 3.08. The second kappa shape index (κ2) is 5.83. The number of nitro benzene ring substituents is 1. The highest BCUT2D eigenvalue weighted by molar-refractivity contribution is 7.10. The molecule has 110 valence electrons. The highest BCUT2D eigenvalue weighted by atomic mass is 32.1. The Kier molecular flexibility index (Phi) is 3.90. The van der Waals surface area contributed by atoms with Gasteiger partial charge in [0.25, 0.3) is 5.69 Å². The topological polar surface area (TPSA) is 58.4 Å². The van der Waals surface area contributed by atoms with E-state index in [0.717, 1.165) is 31.6 Å². The van der Waals surface area contributed by atoms with Crippen LogP contribution in [0.4, 0.5) is 11.4 Å². The number of hydrogen-bond donors (Lipinski definition) is 1. The lowest BCUT2D eigenvalue weighted by molar-refractivity contribution is -0.384. The molecule has 0 saturated heterocycles. The van der Waals surface area contributed by atoms with E-state index in [0.29, 0.717) is 5.69 Å². The monoisotopic (exact) mass is 303 g/mol. The number of nitrogens with one attached hydrogen (secondary N) is 1. The first-order valence-electron chi connectivity index (χ1n) is 6.90. The van der Waals surface area contributed by atoms with Crippen molar-refractivity contribution in [2.45, 2.75) is 19.5 Å². The molecule has 0 saturated carbocycles. The number of rotatable bonds is 4. The molecular weight excluding hydrogens is 286 g/mol. The minimum atomic E-state index is -0.331. The molecule has 0 aliphatic carbocycles. The van der Waals surface area contributed by atoms with Crippen LogP contribution in [0.1, 0.15) is 16.0 Å². The van der Waals surface area contributed by atoms with Gasteiger partial charge in [-0.2, -0.15) is 0 Å². The van der Waals surface area contributed by atoms with Gasteiger partial charge in [0.15, 0.2) is 0 Å². The minimum Gasteiger partial charge on any atom is -0.383 e. The molecule has 3 rings (SSSR count). The molecule has 6 heteroatoms. The van der Waals surface area contributed by atoms with Crippen molar-refractivity contribution in [1.82, 2.24) is 4.90 Å². The van der Waals surface area contributed by atoms with Crippen LogP contribution in [0.2, 0.25) is 0 Å². The van der Waals surface area contributed by atoms with E-state index in [-0.39, 0.29) is 10.6 Å². The van der Waals surface area contributed by atoms with Crippen LogP contribution in [-0.4, -0.2) is 23.4 Å². The quantitative estimate of drug-likeness (QED) is 0.696. The molecule has 1 N–H and O–H groups in total. The molecule has 5 nitrogen and oxygen atoms in total. The van der Waals surface area contributed by atoms with Crippen LogP contribution in [0.15, 0.2) is 29.6 Å². The van der Waals surface area contributed by atoms with Crippen molar-refractivity contribution in [3.8, 4) is 0 Å². The fourth-order valence-electron chi connectivity index (χ4n) is 2.74. The molecular formula is C15H17N3O2S. The molecule has 0 bridgehead atoms. The van der Waals surface area contributed by atoms with Crippen LogP contribution in [0, 0.1) is 10.1 Å². The van der Waals surface area contributed by atoms with Gasteiger partial charge in [0, 0.05) is 37.6 Å². The maximum atomic E-state index is 11.1. The first kappa shape index (κ1) is 14.0. The van der Waals surface area contributed by atoms with Crippen molar-refractivity contribution in [3.63, 3.8) is 0 Å². The lowest BCUT2D eigenvalue weighted by Crippen LogP contribution is -2.29. The molecule has 0 spiro atoms. The van der Waals surface area contributed by atoms with E-state index in [9.17, 15) is 10.1 Å². The van der Waals surface area contributed by atoms with Gasteiger partial charge in [0.1, 0.15) is 5.69 Å². The summed E-state index contributed by atoms with van der Waals surface area (Å²) in [5.74, 6) is 0. The highest BCUT2D eigenvalue weighted by Crippen LogP contribution is 2.28. The normalized spacial score (nSPS) is 14.7. The molecule has 1 aliphatic heterocycles. The van der Waals surface area contributed by atoms with Crippen LogP contribution in [0.3, 0.4) is 0 Å². The maximum absolute atomic E-state index is 11.1. The predicted molar refractivity (Wildman–Crippen MR) is 84.8 cm³/mol. The van der Waals surface area contributed by atoms with Gasteiger partial charge >= 0.3 is 0 Å². The van der Waals surface area contributed by atoms with E-state index < -0.39 is 0 Å². The first-order valence-corrected chi connectivity index (χ1v) is 7.78. The van der Waals surface area contributed by atoms with Crippen LogP contribution in [0.5, 0.6) is 0 Å². The number of nitrogens with zero attached hydrogens (tertiary/aromatic N) is 2. The van der Waals surface area contributed by atoms with Gasteiger partial charge in [0.2, 0.25) is 0 Å². The number of anilines is 1. The van der Waals surface area contributed by atoms with Crippen molar-refractivity contribution >= 4 is 22.7 Å². The van der Waals surface area contributed by atoms with Gasteiger partial charge in [0.05, 0.1) is 4.92 Å². The van der Waals surface area contributed by atoms with Crippen LogP contribution < -0.4 is 5.32 Å². The number of thiophene rings is 1. The Morgan fingerprint density at radius 2 is 2.29 bits per heavy atom. The maximum Gasteiger partial charge on any atom is 0.292 e. The standard InChI is InChI=1S/C15H17N3O2S/c1-16-13-3-2-11(8-14(13)18(19)20)9-17-6-4-15-12(10-17)5-7-21-15/h2-3,5,7-8,16H,4,6,9-10H2,1H3. The van der Waals surface area contributed by atoms with Crippen molar-refractivity contribution in [1.29, 1.82) is 0 Å². The van der Waals surface area contributed by atoms with Crippen LogP contribution >= 0.6 is 11.3 Å². The molecule has 0 atom stereocenters. The summed E-state index contributed by atoms with van der Waals surface area (Å²) >= 11 is 1.82. The van der Waals surface area contributed by atoms with Crippen molar-refractivity contribution in [3.05, 3.63) is 55.8 Å². The van der Waals surface area contributed by atoms with Crippen LogP contribution in [-0.2, 0) is 19.5 Å². The third-order valence-corrected chi connectivity index (χ3v) is 4.84. The molecule has 0 amide bonds. The molecule has 1 aromatic carbocycles. The van der Waals surface area contributed by atoms with E-state index in [1.165, 1.54) is 10.4 Å². The molecule has 0 fully saturated rings. The molecule has 21 heavy (non-hydrogen) atoms. The lowest BCUT2D eigenvalue weighted by atomic mass is 10.1. The SMILES string of the molecule is CNc1ccc(CN2CCc3sccc3C2)cc1[N+](=O)[O-]. The summed E-state index contributed by atoms with van der Waals surface area (Å²) in [7, 11) is 1.70. The Morgan fingerprint density at radius 1 is 1.43 bits per heavy atom. The average molecular weight is 303 g/mol. The molecule has 1 aliphatic rings. The van der Waals surface area contributed by atoms with E-state index >= 15 is 0 Å². The third kappa shape index (κ3) is 2.91. The summed E-state index contributed by atoms with van der Waals surface area (Å²) in [6.45, 7) is 2.69. The molecule has 2 aromatic rings. The largest absolute Gasteiger partial charge is 0.383 e. The number of benzene rings is 1. The lowest BCUT2D eigenvalue weighted by Gasteiger charge is -2.26. The second-order valence-electron chi connectivity index (χ2n) is 5.19. The van der Waals surface area contributed by atoms with Gasteiger partial charge < -0.3 is 5.32 Å². The Balaban J connectivity index is 1.77. The zero-order valence-electron chi connectivity index (χ0n) is 11.8. The number of hydrogen-bond acceptors (Lipinski definition) is 5. The Bertz CT molecular complexity index is 669. The van der Waals surface area contributed by atoms with Gasteiger partial charge in [-0.1, -0.05) is 6.07 Å². The van der Waals surface area contributed by atoms with Gasteiger partial charge in [-0.3, -0.25) is 15.0 Å². The predicted octanol–water partition coefficient (Wildman–Crippen LogP) is 3.26. The first-order chi connectivity index (χ1) is 10.2. The summed E-state index contributed by atoms with van der Waals surface area (Å²) < 4.78 is 0. The Morgan fingerprint density at radius 3 is 3.05 bits per heavy atom. The Labute approximate surface area is 127 Å². The van der Waals surface area contributed by atoms with Gasteiger partial charge in [-0.25, -0.2) is 0 Å². The van der Waals surface area contributed by atoms with Crippen molar-refractivity contribution in [2.75, 3.05) is 18.9 Å². The molecule has 1 aromatic heterocycles.